The van der Waals surface area contributed by atoms with Crippen LogP contribution in [0.4, 0.5) is 0 Å². The molecule has 1 rings (SSSR count). The number of rotatable bonds is 3. The average molecular weight is 187 g/mol. The van der Waals surface area contributed by atoms with Crippen molar-refractivity contribution < 1.29 is 5.11 Å². The molecule has 1 aromatic carbocycles. The SMILES string of the molecule is C#C[C@@H](CC)N=Cc1ccccc1O. The molecule has 1 atom stereocenters. The van der Waals surface area contributed by atoms with Crippen molar-refractivity contribution >= 4 is 6.21 Å². The highest BCUT2D eigenvalue weighted by atomic mass is 16.3. The fourth-order valence-corrected chi connectivity index (χ4v) is 1.03. The summed E-state index contributed by atoms with van der Waals surface area (Å²) in [5.74, 6) is 2.79. The summed E-state index contributed by atoms with van der Waals surface area (Å²) in [4.78, 5) is 4.17. The molecule has 2 heteroatoms. The van der Waals surface area contributed by atoms with Gasteiger partial charge >= 0.3 is 0 Å². The topological polar surface area (TPSA) is 32.6 Å². The summed E-state index contributed by atoms with van der Waals surface area (Å²) in [7, 11) is 0. The second kappa shape index (κ2) is 5.08. The van der Waals surface area contributed by atoms with Crippen molar-refractivity contribution in [3.63, 3.8) is 0 Å². The van der Waals surface area contributed by atoms with Gasteiger partial charge < -0.3 is 5.11 Å². The van der Waals surface area contributed by atoms with Gasteiger partial charge in [-0.05, 0) is 18.6 Å². The predicted molar refractivity (Wildman–Crippen MR) is 58.6 cm³/mol. The maximum absolute atomic E-state index is 9.43. The molecular weight excluding hydrogens is 174 g/mol. The first kappa shape index (κ1) is 10.3. The largest absolute Gasteiger partial charge is 0.507 e. The summed E-state index contributed by atoms with van der Waals surface area (Å²) in [6.07, 6.45) is 7.68. The third-order valence-electron chi connectivity index (χ3n) is 1.91. The Bertz CT molecular complexity index is 363. The van der Waals surface area contributed by atoms with Gasteiger partial charge in [-0.15, -0.1) is 6.42 Å². The van der Waals surface area contributed by atoms with Gasteiger partial charge in [-0.1, -0.05) is 25.0 Å². The van der Waals surface area contributed by atoms with Crippen LogP contribution in [0.5, 0.6) is 5.75 Å². The minimum atomic E-state index is -0.102. The van der Waals surface area contributed by atoms with E-state index < -0.39 is 0 Å². The van der Waals surface area contributed by atoms with Gasteiger partial charge in [-0.25, -0.2) is 0 Å². The van der Waals surface area contributed by atoms with Gasteiger partial charge in [-0.2, -0.15) is 0 Å². The zero-order chi connectivity index (χ0) is 10.4. The van der Waals surface area contributed by atoms with Crippen molar-refractivity contribution in [2.45, 2.75) is 19.4 Å². The Morgan fingerprint density at radius 3 is 2.86 bits per heavy atom. The quantitative estimate of drug-likeness (QED) is 0.571. The molecule has 0 spiro atoms. The van der Waals surface area contributed by atoms with Crippen molar-refractivity contribution in [3.05, 3.63) is 29.8 Å². The lowest BCUT2D eigenvalue weighted by molar-refractivity contribution is 0.474. The number of para-hydroxylation sites is 1. The smallest absolute Gasteiger partial charge is 0.124 e. The van der Waals surface area contributed by atoms with E-state index in [9.17, 15) is 5.11 Å². The summed E-state index contributed by atoms with van der Waals surface area (Å²) < 4.78 is 0. The number of terminal acetylenes is 1. The number of phenols is 1. The molecule has 0 bridgehead atoms. The third-order valence-corrected chi connectivity index (χ3v) is 1.91. The Kier molecular flexibility index (Phi) is 3.75. The summed E-state index contributed by atoms with van der Waals surface area (Å²) in [6, 6.07) is 6.93. The second-order valence-electron chi connectivity index (χ2n) is 2.93. The van der Waals surface area contributed by atoms with E-state index in [0.717, 1.165) is 6.42 Å². The van der Waals surface area contributed by atoms with Crippen LogP contribution in [0.25, 0.3) is 0 Å². The maximum atomic E-state index is 9.43. The van der Waals surface area contributed by atoms with Crippen LogP contribution in [0.2, 0.25) is 0 Å². The number of nitrogens with zero attached hydrogens (tertiary/aromatic N) is 1. The van der Waals surface area contributed by atoms with Gasteiger partial charge in [0.05, 0.1) is 0 Å². The first-order chi connectivity index (χ1) is 6.77. The lowest BCUT2D eigenvalue weighted by Crippen LogP contribution is -1.98. The van der Waals surface area contributed by atoms with Crippen molar-refractivity contribution in [2.75, 3.05) is 0 Å². The number of aromatic hydroxyl groups is 1. The van der Waals surface area contributed by atoms with Gasteiger partial charge in [-0.3, -0.25) is 4.99 Å². The Morgan fingerprint density at radius 2 is 2.29 bits per heavy atom. The van der Waals surface area contributed by atoms with Crippen LogP contribution in [0, 0.1) is 12.3 Å². The first-order valence-electron chi connectivity index (χ1n) is 4.55. The Morgan fingerprint density at radius 1 is 1.57 bits per heavy atom. The first-order valence-corrected chi connectivity index (χ1v) is 4.55. The fraction of sp³-hybridized carbons (Fsp3) is 0.250. The lowest BCUT2D eigenvalue weighted by atomic mass is 10.2. The zero-order valence-corrected chi connectivity index (χ0v) is 8.14. The Balaban J connectivity index is 2.79. The molecule has 0 unspecified atom stereocenters. The highest BCUT2D eigenvalue weighted by Gasteiger charge is 1.98. The molecule has 0 aliphatic carbocycles. The highest BCUT2D eigenvalue weighted by Crippen LogP contribution is 2.13. The van der Waals surface area contributed by atoms with E-state index in [0.29, 0.717) is 5.56 Å². The fourth-order valence-electron chi connectivity index (χ4n) is 1.03. The monoisotopic (exact) mass is 187 g/mol. The number of benzene rings is 1. The summed E-state index contributed by atoms with van der Waals surface area (Å²) in [5.41, 5.74) is 0.696. The number of aliphatic imine (C=N–C) groups is 1. The van der Waals surface area contributed by atoms with E-state index in [1.807, 2.05) is 13.0 Å². The summed E-state index contributed by atoms with van der Waals surface area (Å²) >= 11 is 0. The molecule has 0 aliphatic heterocycles. The number of phenolic OH excluding ortho intramolecular Hbond substituents is 1. The molecule has 14 heavy (non-hydrogen) atoms. The molecule has 0 aliphatic rings. The van der Waals surface area contributed by atoms with Crippen LogP contribution in [-0.4, -0.2) is 17.4 Å². The molecule has 0 radical (unpaired) electrons. The zero-order valence-electron chi connectivity index (χ0n) is 8.14. The van der Waals surface area contributed by atoms with Crippen molar-refractivity contribution in [2.24, 2.45) is 4.99 Å². The van der Waals surface area contributed by atoms with E-state index in [-0.39, 0.29) is 11.8 Å². The van der Waals surface area contributed by atoms with Gasteiger partial charge in [0.2, 0.25) is 0 Å². The number of hydrogen-bond acceptors (Lipinski definition) is 2. The van der Waals surface area contributed by atoms with Gasteiger partial charge in [0.1, 0.15) is 11.8 Å². The van der Waals surface area contributed by atoms with E-state index >= 15 is 0 Å². The minimum Gasteiger partial charge on any atom is -0.507 e. The molecule has 0 saturated heterocycles. The standard InChI is InChI=1S/C12H13NO/c1-3-11(4-2)13-9-10-7-5-6-8-12(10)14/h1,5-9,11,14H,4H2,2H3/t11-/m0/s1. The van der Waals surface area contributed by atoms with Crippen molar-refractivity contribution in [3.8, 4) is 18.1 Å². The molecule has 1 aromatic rings. The van der Waals surface area contributed by atoms with Crippen molar-refractivity contribution in [1.29, 1.82) is 0 Å². The summed E-state index contributed by atoms with van der Waals surface area (Å²) in [6.45, 7) is 1.98. The average Bonchev–Trinajstić information content (AvgIpc) is 2.22. The van der Waals surface area contributed by atoms with Crippen molar-refractivity contribution in [1.82, 2.24) is 0 Å². The molecule has 72 valence electrons. The van der Waals surface area contributed by atoms with E-state index in [4.69, 9.17) is 6.42 Å². The van der Waals surface area contributed by atoms with Gasteiger partial charge in [0, 0.05) is 11.8 Å². The van der Waals surface area contributed by atoms with Crippen LogP contribution >= 0.6 is 0 Å². The molecule has 0 fully saturated rings. The molecular formula is C12H13NO. The molecule has 0 aromatic heterocycles. The number of hydrogen-bond donors (Lipinski definition) is 1. The van der Waals surface area contributed by atoms with Gasteiger partial charge in [0.15, 0.2) is 0 Å². The van der Waals surface area contributed by atoms with E-state index in [1.165, 1.54) is 0 Å². The van der Waals surface area contributed by atoms with Gasteiger partial charge in [0.25, 0.3) is 0 Å². The molecule has 2 nitrogen and oxygen atoms in total. The molecule has 1 N–H and O–H groups in total. The van der Waals surface area contributed by atoms with Crippen LogP contribution in [0.1, 0.15) is 18.9 Å². The highest BCUT2D eigenvalue weighted by molar-refractivity contribution is 5.83. The summed E-state index contributed by atoms with van der Waals surface area (Å²) in [5, 5.41) is 9.43. The Hall–Kier alpha value is -1.75. The third kappa shape index (κ3) is 2.63. The van der Waals surface area contributed by atoms with Crippen LogP contribution in [-0.2, 0) is 0 Å². The van der Waals surface area contributed by atoms with E-state index in [2.05, 4.69) is 10.9 Å². The molecule has 0 heterocycles. The lowest BCUT2D eigenvalue weighted by Gasteiger charge is -2.00. The minimum absolute atomic E-state index is 0.102. The second-order valence-corrected chi connectivity index (χ2v) is 2.93. The normalized spacial score (nSPS) is 12.6. The Labute approximate surface area is 84.3 Å². The van der Waals surface area contributed by atoms with Crippen LogP contribution < -0.4 is 0 Å². The van der Waals surface area contributed by atoms with E-state index in [1.54, 1.807) is 24.4 Å². The predicted octanol–water partition coefficient (Wildman–Crippen LogP) is 2.22. The van der Waals surface area contributed by atoms with Crippen LogP contribution in [0.15, 0.2) is 29.3 Å². The molecule has 0 saturated carbocycles. The molecule has 0 amide bonds. The van der Waals surface area contributed by atoms with Crippen LogP contribution in [0.3, 0.4) is 0 Å². The maximum Gasteiger partial charge on any atom is 0.124 e.